The van der Waals surface area contributed by atoms with Gasteiger partial charge in [-0.05, 0) is 31.0 Å². The van der Waals surface area contributed by atoms with E-state index in [9.17, 15) is 13.2 Å². The van der Waals surface area contributed by atoms with Crippen molar-refractivity contribution in [2.75, 3.05) is 20.0 Å². The highest BCUT2D eigenvalue weighted by atomic mass is 32.2. The van der Waals surface area contributed by atoms with Gasteiger partial charge < -0.3 is 9.47 Å². The van der Waals surface area contributed by atoms with Gasteiger partial charge in [-0.25, -0.2) is 13.2 Å². The van der Waals surface area contributed by atoms with Crippen LogP contribution in [0.5, 0.6) is 5.75 Å². The van der Waals surface area contributed by atoms with E-state index in [1.165, 1.54) is 13.2 Å². The lowest BCUT2D eigenvalue weighted by molar-refractivity contribution is 0.0599. The van der Waals surface area contributed by atoms with Crippen LogP contribution in [0.4, 0.5) is 0 Å². The molecule has 0 amide bonds. The van der Waals surface area contributed by atoms with E-state index in [4.69, 9.17) is 4.74 Å². The fraction of sp³-hybridized carbons (Fsp3) is 0.462. The summed E-state index contributed by atoms with van der Waals surface area (Å²) in [6, 6.07) is 2.91. The van der Waals surface area contributed by atoms with Crippen molar-refractivity contribution in [3.8, 4) is 5.75 Å². The van der Waals surface area contributed by atoms with Gasteiger partial charge in [0.1, 0.15) is 10.6 Å². The first-order valence-corrected chi connectivity index (χ1v) is 7.82. The third kappa shape index (κ3) is 3.47. The highest BCUT2D eigenvalue weighted by molar-refractivity contribution is 7.90. The zero-order chi connectivity index (χ0) is 14.6. The first-order chi connectivity index (χ1) is 8.85. The van der Waals surface area contributed by atoms with Crippen LogP contribution < -0.4 is 4.74 Å². The Balaban J connectivity index is 3.56. The zero-order valence-electron chi connectivity index (χ0n) is 11.5. The van der Waals surface area contributed by atoms with Crippen LogP contribution in [0, 0.1) is 0 Å². The quantitative estimate of drug-likeness (QED) is 0.772. The molecule has 0 unspecified atom stereocenters. The lowest BCUT2D eigenvalue weighted by Gasteiger charge is -2.13. The van der Waals surface area contributed by atoms with Gasteiger partial charge in [0.15, 0.2) is 9.84 Å². The Morgan fingerprint density at radius 1 is 1.26 bits per heavy atom. The third-order valence-electron chi connectivity index (χ3n) is 2.66. The number of methoxy groups -OCH3 is 1. The van der Waals surface area contributed by atoms with Gasteiger partial charge in [0.2, 0.25) is 0 Å². The molecule has 0 spiro atoms. The van der Waals surface area contributed by atoms with Gasteiger partial charge in [-0.1, -0.05) is 6.92 Å². The van der Waals surface area contributed by atoms with E-state index >= 15 is 0 Å². The van der Waals surface area contributed by atoms with Crippen LogP contribution in [0.2, 0.25) is 0 Å². The molecular formula is C13H18O5S. The van der Waals surface area contributed by atoms with E-state index in [0.29, 0.717) is 18.6 Å². The van der Waals surface area contributed by atoms with E-state index in [-0.39, 0.29) is 16.2 Å². The summed E-state index contributed by atoms with van der Waals surface area (Å²) in [7, 11) is -2.22. The standard InChI is InChI=1S/C13H18O5S/c1-5-9-7-11(18-6-2)12(19(4,15)16)8-10(9)13(14)17-3/h7-8H,5-6H2,1-4H3. The minimum absolute atomic E-state index is 0.00644. The molecule has 0 saturated carbocycles. The maximum absolute atomic E-state index is 11.8. The molecule has 0 aromatic heterocycles. The number of hydrogen-bond acceptors (Lipinski definition) is 5. The van der Waals surface area contributed by atoms with Crippen molar-refractivity contribution in [2.24, 2.45) is 0 Å². The minimum atomic E-state index is -3.48. The lowest BCUT2D eigenvalue weighted by atomic mass is 10.0. The molecule has 0 radical (unpaired) electrons. The largest absolute Gasteiger partial charge is 0.493 e. The Morgan fingerprint density at radius 2 is 1.89 bits per heavy atom. The van der Waals surface area contributed by atoms with Gasteiger partial charge >= 0.3 is 5.97 Å². The number of carbonyl (C=O) groups is 1. The summed E-state index contributed by atoms with van der Waals surface area (Å²) in [5, 5.41) is 0. The van der Waals surface area contributed by atoms with Gasteiger partial charge in [0.25, 0.3) is 0 Å². The van der Waals surface area contributed by atoms with Crippen molar-refractivity contribution in [3.05, 3.63) is 23.3 Å². The molecule has 5 nitrogen and oxygen atoms in total. The molecule has 1 aromatic rings. The molecule has 1 rings (SSSR count). The summed E-state index contributed by atoms with van der Waals surface area (Å²) in [5.74, 6) is -0.278. The Bertz CT molecular complexity index is 575. The molecule has 0 N–H and O–H groups in total. The SMILES string of the molecule is CCOc1cc(CC)c(C(=O)OC)cc1S(C)(=O)=O. The monoisotopic (exact) mass is 286 g/mol. The molecule has 0 heterocycles. The predicted molar refractivity (Wildman–Crippen MR) is 71.4 cm³/mol. The second-order valence-corrected chi connectivity index (χ2v) is 5.99. The highest BCUT2D eigenvalue weighted by Crippen LogP contribution is 2.29. The summed E-state index contributed by atoms with van der Waals surface area (Å²) < 4.78 is 33.5. The number of ether oxygens (including phenoxy) is 2. The van der Waals surface area contributed by atoms with Crippen LogP contribution in [0.25, 0.3) is 0 Å². The first kappa shape index (κ1) is 15.5. The molecule has 0 atom stereocenters. The molecule has 0 fully saturated rings. The number of hydrogen-bond donors (Lipinski definition) is 0. The van der Waals surface area contributed by atoms with Crippen LogP contribution in [0.1, 0.15) is 29.8 Å². The van der Waals surface area contributed by atoms with Crippen LogP contribution >= 0.6 is 0 Å². The summed E-state index contributed by atoms with van der Waals surface area (Å²) in [5.41, 5.74) is 0.955. The van der Waals surface area contributed by atoms with Crippen molar-refractivity contribution in [3.63, 3.8) is 0 Å². The topological polar surface area (TPSA) is 69.7 Å². The zero-order valence-corrected chi connectivity index (χ0v) is 12.3. The maximum atomic E-state index is 11.8. The molecule has 0 aliphatic rings. The predicted octanol–water partition coefficient (Wildman–Crippen LogP) is 1.84. The van der Waals surface area contributed by atoms with Crippen molar-refractivity contribution in [1.29, 1.82) is 0 Å². The van der Waals surface area contributed by atoms with Gasteiger partial charge in [-0.3, -0.25) is 0 Å². The van der Waals surface area contributed by atoms with E-state index in [1.54, 1.807) is 13.0 Å². The fourth-order valence-corrected chi connectivity index (χ4v) is 2.57. The summed E-state index contributed by atoms with van der Waals surface area (Å²) in [6.07, 6.45) is 1.66. The van der Waals surface area contributed by atoms with E-state index in [1.807, 2.05) is 6.92 Å². The van der Waals surface area contributed by atoms with Crippen LogP contribution in [0.15, 0.2) is 17.0 Å². The highest BCUT2D eigenvalue weighted by Gasteiger charge is 2.21. The number of carbonyl (C=O) groups excluding carboxylic acids is 1. The van der Waals surface area contributed by atoms with Crippen LogP contribution in [-0.2, 0) is 21.0 Å². The molecule has 0 aliphatic carbocycles. The van der Waals surface area contributed by atoms with Crippen molar-refractivity contribution in [2.45, 2.75) is 25.2 Å². The van der Waals surface area contributed by atoms with Gasteiger partial charge in [-0.15, -0.1) is 0 Å². The number of benzene rings is 1. The third-order valence-corrected chi connectivity index (χ3v) is 3.77. The number of sulfone groups is 1. The molecule has 0 bridgehead atoms. The average molecular weight is 286 g/mol. The van der Waals surface area contributed by atoms with E-state index in [0.717, 1.165) is 6.26 Å². The number of aryl methyl sites for hydroxylation is 1. The molecule has 0 saturated heterocycles. The number of esters is 1. The fourth-order valence-electron chi connectivity index (χ4n) is 1.75. The second kappa shape index (κ2) is 6.06. The van der Waals surface area contributed by atoms with E-state index < -0.39 is 15.8 Å². The summed E-state index contributed by atoms with van der Waals surface area (Å²) >= 11 is 0. The lowest BCUT2D eigenvalue weighted by Crippen LogP contribution is -2.10. The van der Waals surface area contributed by atoms with Gasteiger partial charge in [0.05, 0.1) is 19.3 Å². The van der Waals surface area contributed by atoms with Crippen molar-refractivity contribution >= 4 is 15.8 Å². The molecule has 6 heteroatoms. The first-order valence-electron chi connectivity index (χ1n) is 5.93. The Kier molecular flexibility index (Phi) is 4.94. The Labute approximate surface area is 113 Å². The smallest absolute Gasteiger partial charge is 0.338 e. The van der Waals surface area contributed by atoms with Crippen LogP contribution in [-0.4, -0.2) is 34.4 Å². The molecule has 1 aromatic carbocycles. The maximum Gasteiger partial charge on any atom is 0.338 e. The minimum Gasteiger partial charge on any atom is -0.493 e. The number of rotatable bonds is 5. The molecule has 106 valence electrons. The summed E-state index contributed by atoms with van der Waals surface area (Å²) in [4.78, 5) is 11.7. The van der Waals surface area contributed by atoms with Crippen molar-refractivity contribution < 1.29 is 22.7 Å². The Morgan fingerprint density at radius 3 is 2.32 bits per heavy atom. The molecule has 0 aliphatic heterocycles. The van der Waals surface area contributed by atoms with E-state index in [2.05, 4.69) is 4.74 Å². The van der Waals surface area contributed by atoms with Gasteiger partial charge in [0, 0.05) is 6.26 Å². The van der Waals surface area contributed by atoms with Crippen LogP contribution in [0.3, 0.4) is 0 Å². The normalized spacial score (nSPS) is 11.2. The second-order valence-electron chi connectivity index (χ2n) is 4.01. The van der Waals surface area contributed by atoms with Crippen molar-refractivity contribution in [1.82, 2.24) is 0 Å². The van der Waals surface area contributed by atoms with Gasteiger partial charge in [-0.2, -0.15) is 0 Å². The summed E-state index contributed by atoms with van der Waals surface area (Å²) in [6.45, 7) is 3.99. The molecule has 19 heavy (non-hydrogen) atoms. The molecular weight excluding hydrogens is 268 g/mol. The average Bonchev–Trinajstić information content (AvgIpc) is 2.36. The Hall–Kier alpha value is -1.56.